The third-order valence-corrected chi connectivity index (χ3v) is 5.04. The number of nitrogens with zero attached hydrogens (tertiary/aromatic N) is 1. The number of urea groups is 1. The molecule has 0 spiro atoms. The number of benzene rings is 2. The Morgan fingerprint density at radius 1 is 1.10 bits per heavy atom. The molecule has 0 aliphatic heterocycles. The van der Waals surface area contributed by atoms with E-state index >= 15 is 0 Å². The van der Waals surface area contributed by atoms with Crippen molar-refractivity contribution in [3.05, 3.63) is 54.1 Å². The lowest BCUT2D eigenvalue weighted by atomic mass is 10.0. The van der Waals surface area contributed by atoms with E-state index in [0.29, 0.717) is 17.7 Å². The molecule has 0 bridgehead atoms. The Morgan fingerprint density at radius 2 is 1.87 bits per heavy atom. The minimum absolute atomic E-state index is 0.0864. The number of nitrogens with one attached hydrogen (secondary N) is 1. The predicted molar refractivity (Wildman–Crippen MR) is 125 cm³/mol. The Hall–Kier alpha value is -3.28. The molecule has 0 unspecified atom stereocenters. The first kappa shape index (κ1) is 24.0. The second-order valence-corrected chi connectivity index (χ2v) is 7.39. The zero-order valence-corrected chi connectivity index (χ0v) is 18.6. The van der Waals surface area contributed by atoms with Gasteiger partial charge in [-0.1, -0.05) is 56.9 Å². The summed E-state index contributed by atoms with van der Waals surface area (Å²) in [7, 11) is 3.04. The number of methoxy groups -OCH3 is 1. The van der Waals surface area contributed by atoms with Crippen LogP contribution >= 0.6 is 0 Å². The predicted octanol–water partition coefficient (Wildman–Crippen LogP) is 5.36. The number of ether oxygens (including phenoxy) is 1. The van der Waals surface area contributed by atoms with Gasteiger partial charge in [-0.15, -0.1) is 0 Å². The average Bonchev–Trinajstić information content (AvgIpc) is 2.79. The van der Waals surface area contributed by atoms with Gasteiger partial charge in [0.05, 0.1) is 7.11 Å². The number of unbranched alkanes of at least 4 members (excludes halogenated alkanes) is 4. The molecule has 2 aromatic carbocycles. The maximum atomic E-state index is 12.5. The summed E-state index contributed by atoms with van der Waals surface area (Å²) in [5.74, 6) is -0.373. The zero-order valence-electron chi connectivity index (χ0n) is 18.6. The van der Waals surface area contributed by atoms with Gasteiger partial charge < -0.3 is 15.2 Å². The van der Waals surface area contributed by atoms with Gasteiger partial charge in [0.25, 0.3) is 0 Å². The summed E-state index contributed by atoms with van der Waals surface area (Å²) in [4.78, 5) is 25.3. The summed E-state index contributed by atoms with van der Waals surface area (Å²) in [6.45, 7) is 2.84. The smallest absolute Gasteiger partial charge is 0.330 e. The SMILES string of the molecule is CCCCCCCNC(=O)N(C)c1cccc(-c2ccc(/C=C/C(=O)OC)cc2O)c1. The van der Waals surface area contributed by atoms with E-state index in [2.05, 4.69) is 17.0 Å². The summed E-state index contributed by atoms with van der Waals surface area (Å²) in [6.07, 6.45) is 8.61. The maximum absolute atomic E-state index is 12.5. The lowest BCUT2D eigenvalue weighted by molar-refractivity contribution is -0.134. The summed E-state index contributed by atoms with van der Waals surface area (Å²) in [5.41, 5.74) is 2.84. The van der Waals surface area contributed by atoms with Crippen LogP contribution in [0.25, 0.3) is 17.2 Å². The molecule has 2 rings (SSSR count). The monoisotopic (exact) mass is 424 g/mol. The highest BCUT2D eigenvalue weighted by Crippen LogP contribution is 2.32. The van der Waals surface area contributed by atoms with Crippen molar-refractivity contribution in [2.45, 2.75) is 39.0 Å². The summed E-state index contributed by atoms with van der Waals surface area (Å²) >= 11 is 0. The van der Waals surface area contributed by atoms with Gasteiger partial charge in [-0.05, 0) is 41.8 Å². The molecular weight excluding hydrogens is 392 g/mol. The number of hydrogen-bond donors (Lipinski definition) is 2. The van der Waals surface area contributed by atoms with Crippen LogP contribution < -0.4 is 10.2 Å². The minimum Gasteiger partial charge on any atom is -0.507 e. The van der Waals surface area contributed by atoms with Crippen molar-refractivity contribution in [1.82, 2.24) is 5.32 Å². The molecule has 31 heavy (non-hydrogen) atoms. The van der Waals surface area contributed by atoms with Crippen molar-refractivity contribution in [3.8, 4) is 16.9 Å². The van der Waals surface area contributed by atoms with Gasteiger partial charge in [0.2, 0.25) is 0 Å². The van der Waals surface area contributed by atoms with E-state index in [1.165, 1.54) is 32.4 Å². The molecule has 0 aliphatic rings. The van der Waals surface area contributed by atoms with Gasteiger partial charge >= 0.3 is 12.0 Å². The highest BCUT2D eigenvalue weighted by Gasteiger charge is 2.12. The third kappa shape index (κ3) is 7.48. The van der Waals surface area contributed by atoms with Gasteiger partial charge in [-0.3, -0.25) is 4.90 Å². The van der Waals surface area contributed by atoms with E-state index in [-0.39, 0.29) is 11.8 Å². The number of phenolic OH excluding ortho intramolecular Hbond substituents is 1. The molecule has 166 valence electrons. The molecular formula is C25H32N2O4. The van der Waals surface area contributed by atoms with E-state index in [1.54, 1.807) is 36.2 Å². The fourth-order valence-corrected chi connectivity index (χ4v) is 3.17. The number of aromatic hydroxyl groups is 1. The van der Waals surface area contributed by atoms with Crippen LogP contribution in [0.5, 0.6) is 5.75 Å². The lowest BCUT2D eigenvalue weighted by Gasteiger charge is -2.19. The Kier molecular flexibility index (Phi) is 9.62. The molecule has 0 atom stereocenters. The van der Waals surface area contributed by atoms with E-state index in [9.17, 15) is 14.7 Å². The van der Waals surface area contributed by atoms with Crippen molar-refractivity contribution in [3.63, 3.8) is 0 Å². The molecule has 0 radical (unpaired) electrons. The first-order chi connectivity index (χ1) is 15.0. The first-order valence-electron chi connectivity index (χ1n) is 10.7. The van der Waals surface area contributed by atoms with Crippen molar-refractivity contribution in [1.29, 1.82) is 0 Å². The minimum atomic E-state index is -0.460. The molecule has 2 N–H and O–H groups in total. The number of hydrogen-bond acceptors (Lipinski definition) is 4. The van der Waals surface area contributed by atoms with Crippen molar-refractivity contribution in [2.24, 2.45) is 0 Å². The fraction of sp³-hybridized carbons (Fsp3) is 0.360. The number of phenols is 1. The van der Waals surface area contributed by atoms with E-state index in [0.717, 1.165) is 24.1 Å². The number of carbonyl (C=O) groups excluding carboxylic acids is 2. The third-order valence-electron chi connectivity index (χ3n) is 5.04. The van der Waals surface area contributed by atoms with E-state index in [4.69, 9.17) is 0 Å². The highest BCUT2D eigenvalue weighted by molar-refractivity contribution is 5.92. The first-order valence-corrected chi connectivity index (χ1v) is 10.7. The molecule has 0 saturated heterocycles. The van der Waals surface area contributed by atoms with Gasteiger partial charge in [0, 0.05) is 30.9 Å². The Balaban J connectivity index is 2.04. The normalized spacial score (nSPS) is 10.8. The van der Waals surface area contributed by atoms with E-state index in [1.807, 2.05) is 24.3 Å². The Labute approximate surface area is 184 Å². The Bertz CT molecular complexity index is 908. The average molecular weight is 425 g/mol. The van der Waals surface area contributed by atoms with Crippen LogP contribution in [0.2, 0.25) is 0 Å². The zero-order chi connectivity index (χ0) is 22.6. The molecule has 6 nitrogen and oxygen atoms in total. The van der Waals surface area contributed by atoms with Crippen molar-refractivity contribution >= 4 is 23.8 Å². The standard InChI is InChI=1S/C25H32N2O4/c1-4-5-6-7-8-16-26-25(30)27(2)21-11-9-10-20(18-21)22-14-12-19(17-23(22)28)13-15-24(29)31-3/h9-15,17-18,28H,4-8,16H2,1-3H3,(H,26,30)/b15-13+. The fourth-order valence-electron chi connectivity index (χ4n) is 3.17. The molecule has 6 heteroatoms. The number of amides is 2. The van der Waals surface area contributed by atoms with Crippen LogP contribution in [-0.4, -0.2) is 37.8 Å². The van der Waals surface area contributed by atoms with Crippen LogP contribution in [0.3, 0.4) is 0 Å². The largest absolute Gasteiger partial charge is 0.507 e. The van der Waals surface area contributed by atoms with Gasteiger partial charge in [0.15, 0.2) is 0 Å². The maximum Gasteiger partial charge on any atom is 0.330 e. The molecule has 2 aromatic rings. The van der Waals surface area contributed by atoms with Crippen molar-refractivity contribution < 1.29 is 19.4 Å². The summed E-state index contributed by atoms with van der Waals surface area (Å²) in [5, 5.41) is 13.4. The topological polar surface area (TPSA) is 78.9 Å². The lowest BCUT2D eigenvalue weighted by Crippen LogP contribution is -2.37. The molecule has 2 amide bonds. The second-order valence-electron chi connectivity index (χ2n) is 7.39. The van der Waals surface area contributed by atoms with Gasteiger partial charge in [0.1, 0.15) is 5.75 Å². The molecule has 0 aliphatic carbocycles. The van der Waals surface area contributed by atoms with Crippen molar-refractivity contribution in [2.75, 3.05) is 25.6 Å². The molecule has 0 fully saturated rings. The number of rotatable bonds is 10. The number of anilines is 1. The quantitative estimate of drug-likeness (QED) is 0.306. The highest BCUT2D eigenvalue weighted by atomic mass is 16.5. The van der Waals surface area contributed by atoms with Crippen LogP contribution in [0.1, 0.15) is 44.6 Å². The Morgan fingerprint density at radius 3 is 2.58 bits per heavy atom. The number of esters is 1. The molecule has 0 heterocycles. The second kappa shape index (κ2) is 12.4. The summed E-state index contributed by atoms with van der Waals surface area (Å²) < 4.78 is 4.57. The van der Waals surface area contributed by atoms with Crippen LogP contribution in [0, 0.1) is 0 Å². The van der Waals surface area contributed by atoms with E-state index < -0.39 is 5.97 Å². The van der Waals surface area contributed by atoms with Gasteiger partial charge in [-0.2, -0.15) is 0 Å². The van der Waals surface area contributed by atoms with Crippen LogP contribution in [-0.2, 0) is 9.53 Å². The molecule has 0 saturated carbocycles. The van der Waals surface area contributed by atoms with Gasteiger partial charge in [-0.25, -0.2) is 9.59 Å². The van der Waals surface area contributed by atoms with Crippen LogP contribution in [0.15, 0.2) is 48.5 Å². The summed E-state index contributed by atoms with van der Waals surface area (Å²) in [6, 6.07) is 12.5. The number of carbonyl (C=O) groups is 2. The van der Waals surface area contributed by atoms with Crippen LogP contribution in [0.4, 0.5) is 10.5 Å². The molecule has 0 aromatic heterocycles.